The molecule has 3 atom stereocenters. The van der Waals surface area contributed by atoms with Crippen LogP contribution in [0.4, 0.5) is 4.39 Å². The summed E-state index contributed by atoms with van der Waals surface area (Å²) in [5.74, 6) is 0.819. The third kappa shape index (κ3) is 8.49. The number of hydrogen-bond acceptors (Lipinski definition) is 5. The third-order valence-electron chi connectivity index (χ3n) is 6.09. The summed E-state index contributed by atoms with van der Waals surface area (Å²) in [6.45, 7) is 8.74. The number of nitriles is 1. The highest BCUT2D eigenvalue weighted by atomic mass is 19.1. The van der Waals surface area contributed by atoms with Gasteiger partial charge in [0.25, 0.3) is 0 Å². The van der Waals surface area contributed by atoms with Crippen molar-refractivity contribution in [2.75, 3.05) is 6.61 Å². The summed E-state index contributed by atoms with van der Waals surface area (Å²) in [7, 11) is 0. The molecule has 3 unspecified atom stereocenters. The van der Waals surface area contributed by atoms with E-state index in [1.54, 1.807) is 18.2 Å². The van der Waals surface area contributed by atoms with Crippen LogP contribution in [0.15, 0.2) is 36.4 Å². The molecule has 0 fully saturated rings. The predicted octanol–water partition coefficient (Wildman–Crippen LogP) is 6.56. The van der Waals surface area contributed by atoms with Gasteiger partial charge in [-0.15, -0.1) is 0 Å². The second kappa shape index (κ2) is 13.6. The minimum atomic E-state index is -0.458. The van der Waals surface area contributed by atoms with Crippen molar-refractivity contribution in [2.45, 2.75) is 72.3 Å². The maximum atomic E-state index is 14.1. The Morgan fingerprint density at radius 2 is 1.91 bits per heavy atom. The Morgan fingerprint density at radius 1 is 1.12 bits per heavy atom. The van der Waals surface area contributed by atoms with Crippen LogP contribution in [0.2, 0.25) is 0 Å². The van der Waals surface area contributed by atoms with Gasteiger partial charge in [-0.3, -0.25) is 4.79 Å². The molecule has 33 heavy (non-hydrogen) atoms. The third-order valence-corrected chi connectivity index (χ3v) is 6.09. The first kappa shape index (κ1) is 26.3. The lowest BCUT2D eigenvalue weighted by molar-refractivity contribution is -0.144. The van der Waals surface area contributed by atoms with Crippen LogP contribution in [-0.2, 0) is 16.1 Å². The van der Waals surface area contributed by atoms with Gasteiger partial charge in [0.2, 0.25) is 5.88 Å². The fourth-order valence-corrected chi connectivity index (χ4v) is 3.85. The van der Waals surface area contributed by atoms with Crippen LogP contribution >= 0.6 is 0 Å². The van der Waals surface area contributed by atoms with E-state index in [0.717, 1.165) is 31.4 Å². The van der Waals surface area contributed by atoms with Gasteiger partial charge in [-0.05, 0) is 56.2 Å². The van der Waals surface area contributed by atoms with Crippen LogP contribution in [0, 0.1) is 29.0 Å². The van der Waals surface area contributed by atoms with E-state index < -0.39 is 5.82 Å². The molecule has 0 radical (unpaired) electrons. The van der Waals surface area contributed by atoms with Crippen LogP contribution in [0.1, 0.15) is 82.5 Å². The van der Waals surface area contributed by atoms with Crippen LogP contribution in [-0.4, -0.2) is 17.6 Å². The Labute approximate surface area is 196 Å². The predicted molar refractivity (Wildman–Crippen MR) is 126 cm³/mol. The standard InChI is InChI=1S/C27H35FN2O3/c1-5-8-22(13-11-19(3)20(4)15-27(31)32-6-2)25-9-7-10-26(30-25)33-18-23-14-12-21(17-29)16-24(23)28/h7,9-10,12,14,16,19-20,22H,5-6,8,11,13,15,18H2,1-4H3. The Hall–Kier alpha value is -2.94. The number of nitrogens with zero attached hydrogens (tertiary/aromatic N) is 2. The molecule has 0 aliphatic rings. The van der Waals surface area contributed by atoms with Gasteiger partial charge in [-0.25, -0.2) is 9.37 Å². The van der Waals surface area contributed by atoms with E-state index in [0.29, 0.717) is 36.3 Å². The maximum absolute atomic E-state index is 14.1. The smallest absolute Gasteiger partial charge is 0.306 e. The number of aromatic nitrogens is 1. The Bertz CT molecular complexity index is 941. The first-order chi connectivity index (χ1) is 15.9. The summed E-state index contributed by atoms with van der Waals surface area (Å²) in [5, 5.41) is 8.88. The molecule has 1 aromatic heterocycles. The van der Waals surface area contributed by atoms with Crippen molar-refractivity contribution in [3.63, 3.8) is 0 Å². The number of pyridine rings is 1. The number of rotatable bonds is 13. The summed E-state index contributed by atoms with van der Waals surface area (Å²) in [6.07, 6.45) is 4.47. The molecular weight excluding hydrogens is 419 g/mol. The first-order valence-electron chi connectivity index (χ1n) is 11.8. The molecule has 0 saturated carbocycles. The van der Waals surface area contributed by atoms with E-state index in [-0.39, 0.29) is 24.1 Å². The van der Waals surface area contributed by atoms with Crippen molar-refractivity contribution in [3.8, 4) is 11.9 Å². The lowest BCUT2D eigenvalue weighted by atomic mass is 9.84. The fraction of sp³-hybridized carbons (Fsp3) is 0.519. The molecular formula is C27H35FN2O3. The van der Waals surface area contributed by atoms with Gasteiger partial charge in [0.1, 0.15) is 12.4 Å². The number of hydrogen-bond donors (Lipinski definition) is 0. The average molecular weight is 455 g/mol. The van der Waals surface area contributed by atoms with Gasteiger partial charge >= 0.3 is 5.97 Å². The van der Waals surface area contributed by atoms with Crippen LogP contribution in [0.25, 0.3) is 0 Å². The van der Waals surface area contributed by atoms with E-state index in [4.69, 9.17) is 19.7 Å². The van der Waals surface area contributed by atoms with Gasteiger partial charge < -0.3 is 9.47 Å². The fourth-order valence-electron chi connectivity index (χ4n) is 3.85. The quantitative estimate of drug-likeness (QED) is 0.320. The largest absolute Gasteiger partial charge is 0.473 e. The molecule has 6 heteroatoms. The monoisotopic (exact) mass is 454 g/mol. The Morgan fingerprint density at radius 3 is 2.58 bits per heavy atom. The summed E-state index contributed by atoms with van der Waals surface area (Å²) in [6, 6.07) is 12.0. The zero-order valence-corrected chi connectivity index (χ0v) is 20.1. The molecule has 0 saturated heterocycles. The molecule has 178 valence electrons. The van der Waals surface area contributed by atoms with Crippen molar-refractivity contribution in [1.29, 1.82) is 5.26 Å². The van der Waals surface area contributed by atoms with E-state index in [2.05, 4.69) is 20.8 Å². The summed E-state index contributed by atoms with van der Waals surface area (Å²) in [4.78, 5) is 16.5. The molecule has 2 aromatic rings. The topological polar surface area (TPSA) is 72.2 Å². The molecule has 1 aromatic carbocycles. The zero-order valence-electron chi connectivity index (χ0n) is 20.1. The Kier molecular flexibility index (Phi) is 10.8. The number of carbonyl (C=O) groups is 1. The molecule has 0 spiro atoms. The number of esters is 1. The minimum Gasteiger partial charge on any atom is -0.473 e. The van der Waals surface area contributed by atoms with Gasteiger partial charge in [0, 0.05) is 29.7 Å². The lowest BCUT2D eigenvalue weighted by Crippen LogP contribution is -2.16. The van der Waals surface area contributed by atoms with Gasteiger partial charge in [0.05, 0.1) is 18.2 Å². The molecule has 0 bridgehead atoms. The van der Waals surface area contributed by atoms with Crippen molar-refractivity contribution in [3.05, 3.63) is 59.0 Å². The number of carbonyl (C=O) groups excluding carboxylic acids is 1. The van der Waals surface area contributed by atoms with Crippen molar-refractivity contribution < 1.29 is 18.7 Å². The number of halogens is 1. The van der Waals surface area contributed by atoms with Crippen molar-refractivity contribution in [1.82, 2.24) is 4.98 Å². The SMILES string of the molecule is CCCC(CCC(C)C(C)CC(=O)OCC)c1cccc(OCc2ccc(C#N)cc2F)n1. The maximum Gasteiger partial charge on any atom is 0.306 e. The molecule has 0 amide bonds. The first-order valence-corrected chi connectivity index (χ1v) is 11.8. The lowest BCUT2D eigenvalue weighted by Gasteiger charge is -2.22. The summed E-state index contributed by atoms with van der Waals surface area (Å²) in [5.41, 5.74) is 1.64. The van der Waals surface area contributed by atoms with Crippen LogP contribution in [0.3, 0.4) is 0 Å². The normalized spacial score (nSPS) is 13.6. The summed E-state index contributed by atoms with van der Waals surface area (Å²) < 4.78 is 25.0. The number of benzene rings is 1. The minimum absolute atomic E-state index is 0.0504. The highest BCUT2D eigenvalue weighted by Gasteiger charge is 2.20. The van der Waals surface area contributed by atoms with Crippen molar-refractivity contribution in [2.24, 2.45) is 11.8 Å². The van der Waals surface area contributed by atoms with Crippen LogP contribution in [0.5, 0.6) is 5.88 Å². The number of ether oxygens (including phenoxy) is 2. The molecule has 0 aliphatic carbocycles. The van der Waals surface area contributed by atoms with Gasteiger partial charge in [-0.2, -0.15) is 5.26 Å². The van der Waals surface area contributed by atoms with Crippen molar-refractivity contribution >= 4 is 5.97 Å². The molecule has 0 aliphatic heterocycles. The second-order valence-corrected chi connectivity index (χ2v) is 8.63. The molecule has 2 rings (SSSR count). The highest BCUT2D eigenvalue weighted by Crippen LogP contribution is 2.31. The average Bonchev–Trinajstić information content (AvgIpc) is 2.80. The van der Waals surface area contributed by atoms with Gasteiger partial charge in [0.15, 0.2) is 0 Å². The van der Waals surface area contributed by atoms with E-state index in [9.17, 15) is 9.18 Å². The van der Waals surface area contributed by atoms with Gasteiger partial charge in [-0.1, -0.05) is 39.3 Å². The van der Waals surface area contributed by atoms with Crippen LogP contribution < -0.4 is 4.74 Å². The molecule has 0 N–H and O–H groups in total. The van der Waals surface area contributed by atoms with E-state index in [1.807, 2.05) is 25.1 Å². The Balaban J connectivity index is 1.99. The van der Waals surface area contributed by atoms with E-state index >= 15 is 0 Å². The van der Waals surface area contributed by atoms with E-state index in [1.165, 1.54) is 6.07 Å². The summed E-state index contributed by atoms with van der Waals surface area (Å²) >= 11 is 0. The highest BCUT2D eigenvalue weighted by molar-refractivity contribution is 5.69. The molecule has 1 heterocycles. The second-order valence-electron chi connectivity index (χ2n) is 8.63. The molecule has 5 nitrogen and oxygen atoms in total. The zero-order chi connectivity index (χ0) is 24.2.